The van der Waals surface area contributed by atoms with Gasteiger partial charge in [0.05, 0.1) is 5.56 Å². The first-order chi connectivity index (χ1) is 9.61. The molecule has 20 heavy (non-hydrogen) atoms. The Labute approximate surface area is 119 Å². The molecule has 1 atom stereocenters. The predicted molar refractivity (Wildman–Crippen MR) is 77.7 cm³/mol. The van der Waals surface area contributed by atoms with Crippen molar-refractivity contribution in [1.82, 2.24) is 0 Å². The predicted octanol–water partition coefficient (Wildman–Crippen LogP) is 3.83. The van der Waals surface area contributed by atoms with Crippen LogP contribution in [0.2, 0.25) is 0 Å². The molecule has 4 heteroatoms. The zero-order chi connectivity index (χ0) is 14.5. The summed E-state index contributed by atoms with van der Waals surface area (Å²) in [6.45, 7) is 3.62. The molecular weight excluding hydrogens is 254 g/mol. The lowest BCUT2D eigenvalue weighted by Gasteiger charge is -2.10. The Bertz CT molecular complexity index is 510. The average Bonchev–Trinajstić information content (AvgIpc) is 2.71. The second-order valence-electron chi connectivity index (χ2n) is 5.23. The Morgan fingerprint density at radius 2 is 2.10 bits per heavy atom. The van der Waals surface area contributed by atoms with Gasteiger partial charge in [0.2, 0.25) is 5.91 Å². The summed E-state index contributed by atoms with van der Waals surface area (Å²) in [5.74, 6) is -0.430. The summed E-state index contributed by atoms with van der Waals surface area (Å²) in [7, 11) is 0. The Kier molecular flexibility index (Phi) is 4.77. The zero-order valence-corrected chi connectivity index (χ0v) is 12.1. The number of nitrogens with one attached hydrogen (secondary N) is 1. The Hall–Kier alpha value is -1.84. The van der Waals surface area contributed by atoms with E-state index in [1.54, 1.807) is 6.07 Å². The minimum absolute atomic E-state index is 0.124. The first kappa shape index (κ1) is 14.6. The van der Waals surface area contributed by atoms with Crippen LogP contribution in [-0.2, 0) is 9.53 Å². The van der Waals surface area contributed by atoms with E-state index >= 15 is 0 Å². The summed E-state index contributed by atoms with van der Waals surface area (Å²) in [6.07, 6.45) is 5.40. The number of rotatable bonds is 6. The van der Waals surface area contributed by atoms with Crippen LogP contribution in [0.4, 0.5) is 5.69 Å². The van der Waals surface area contributed by atoms with Gasteiger partial charge in [0, 0.05) is 18.2 Å². The van der Waals surface area contributed by atoms with Crippen LogP contribution in [0, 0.1) is 0 Å². The molecule has 1 aromatic carbocycles. The van der Waals surface area contributed by atoms with Crippen molar-refractivity contribution in [2.24, 2.45) is 0 Å². The molecule has 1 aliphatic heterocycles. The molecule has 0 fully saturated rings. The summed E-state index contributed by atoms with van der Waals surface area (Å²) in [4.78, 5) is 22.9. The Morgan fingerprint density at radius 1 is 1.30 bits per heavy atom. The summed E-state index contributed by atoms with van der Waals surface area (Å²) in [5, 5.41) is 2.68. The van der Waals surface area contributed by atoms with E-state index in [0.717, 1.165) is 18.4 Å². The molecule has 0 radical (unpaired) electrons. The number of carbonyl (C=O) groups excluding carboxylic acids is 2. The van der Waals surface area contributed by atoms with E-state index in [1.165, 1.54) is 26.2 Å². The lowest BCUT2D eigenvalue weighted by Crippen LogP contribution is -2.06. The van der Waals surface area contributed by atoms with Crippen molar-refractivity contribution in [2.45, 2.75) is 52.1 Å². The molecule has 108 valence electrons. The number of anilines is 1. The molecule has 1 aliphatic rings. The zero-order valence-electron chi connectivity index (χ0n) is 12.1. The van der Waals surface area contributed by atoms with Gasteiger partial charge in [-0.15, -0.1) is 0 Å². The van der Waals surface area contributed by atoms with Gasteiger partial charge in [-0.2, -0.15) is 0 Å². The summed E-state index contributed by atoms with van der Waals surface area (Å²) >= 11 is 0. The van der Waals surface area contributed by atoms with Crippen LogP contribution in [0.1, 0.15) is 68.0 Å². The van der Waals surface area contributed by atoms with Gasteiger partial charge in [-0.1, -0.05) is 32.3 Å². The molecule has 0 saturated carbocycles. The molecular formula is C16H21NO3. The quantitative estimate of drug-likeness (QED) is 0.634. The number of fused-ring (bicyclic) bond motifs is 1. The number of benzene rings is 1. The monoisotopic (exact) mass is 275 g/mol. The number of cyclic esters (lactones) is 1. The van der Waals surface area contributed by atoms with Crippen molar-refractivity contribution in [3.63, 3.8) is 0 Å². The molecule has 1 heterocycles. The molecule has 1 N–H and O–H groups in total. The number of carbonyl (C=O) groups is 2. The van der Waals surface area contributed by atoms with Gasteiger partial charge in [0.1, 0.15) is 6.10 Å². The normalized spacial score (nSPS) is 16.7. The summed E-state index contributed by atoms with van der Waals surface area (Å²) in [5.41, 5.74) is 2.16. The van der Waals surface area contributed by atoms with E-state index in [0.29, 0.717) is 11.3 Å². The first-order valence-electron chi connectivity index (χ1n) is 7.24. The van der Waals surface area contributed by atoms with Crippen LogP contribution in [0.3, 0.4) is 0 Å². The second kappa shape index (κ2) is 6.55. The third-order valence-electron chi connectivity index (χ3n) is 3.51. The highest BCUT2D eigenvalue weighted by Crippen LogP contribution is 2.35. The standard InChI is InChI=1S/C16H21NO3/c1-3-4-5-6-7-15-13-9-8-12(17-11(2)18)10-14(13)16(19)20-15/h8-10,15H,3-7H2,1-2H3,(H,17,18). The molecule has 1 aromatic rings. The van der Waals surface area contributed by atoms with Gasteiger partial charge in [0.15, 0.2) is 0 Å². The summed E-state index contributed by atoms with van der Waals surface area (Å²) in [6, 6.07) is 5.41. The van der Waals surface area contributed by atoms with E-state index in [2.05, 4.69) is 12.2 Å². The number of esters is 1. The van der Waals surface area contributed by atoms with Crippen LogP contribution in [0.25, 0.3) is 0 Å². The van der Waals surface area contributed by atoms with Crippen molar-refractivity contribution in [1.29, 1.82) is 0 Å². The van der Waals surface area contributed by atoms with Crippen LogP contribution in [0.5, 0.6) is 0 Å². The highest BCUT2D eigenvalue weighted by molar-refractivity contribution is 5.97. The summed E-state index contributed by atoms with van der Waals surface area (Å²) < 4.78 is 5.42. The third kappa shape index (κ3) is 3.38. The number of amides is 1. The minimum Gasteiger partial charge on any atom is -0.454 e. The Morgan fingerprint density at radius 3 is 2.80 bits per heavy atom. The number of unbranched alkanes of at least 4 members (excludes halogenated alkanes) is 3. The van der Waals surface area contributed by atoms with E-state index in [1.807, 2.05) is 12.1 Å². The molecule has 0 saturated heterocycles. The SMILES string of the molecule is CCCCCCC1OC(=O)c2cc(NC(C)=O)ccc21. The fraction of sp³-hybridized carbons (Fsp3) is 0.500. The number of hydrogen-bond acceptors (Lipinski definition) is 3. The molecule has 0 bridgehead atoms. The van der Waals surface area contributed by atoms with Gasteiger partial charge in [-0.3, -0.25) is 4.79 Å². The highest BCUT2D eigenvalue weighted by Gasteiger charge is 2.30. The van der Waals surface area contributed by atoms with Gasteiger partial charge in [0.25, 0.3) is 0 Å². The van der Waals surface area contributed by atoms with E-state index in [4.69, 9.17) is 4.74 Å². The van der Waals surface area contributed by atoms with Crippen molar-refractivity contribution in [3.05, 3.63) is 29.3 Å². The third-order valence-corrected chi connectivity index (χ3v) is 3.51. The number of hydrogen-bond donors (Lipinski definition) is 1. The van der Waals surface area contributed by atoms with Crippen molar-refractivity contribution < 1.29 is 14.3 Å². The lowest BCUT2D eigenvalue weighted by atomic mass is 10.00. The largest absolute Gasteiger partial charge is 0.454 e. The second-order valence-corrected chi connectivity index (χ2v) is 5.23. The van der Waals surface area contributed by atoms with Crippen LogP contribution in [0.15, 0.2) is 18.2 Å². The van der Waals surface area contributed by atoms with E-state index in [-0.39, 0.29) is 18.0 Å². The minimum atomic E-state index is -0.285. The van der Waals surface area contributed by atoms with Gasteiger partial charge < -0.3 is 10.1 Å². The maximum atomic E-state index is 11.9. The average molecular weight is 275 g/mol. The molecule has 1 unspecified atom stereocenters. The molecule has 0 aliphatic carbocycles. The fourth-order valence-electron chi connectivity index (χ4n) is 2.52. The van der Waals surface area contributed by atoms with Crippen molar-refractivity contribution in [3.8, 4) is 0 Å². The van der Waals surface area contributed by atoms with Gasteiger partial charge in [-0.05, 0) is 25.0 Å². The van der Waals surface area contributed by atoms with Crippen molar-refractivity contribution >= 4 is 17.6 Å². The maximum Gasteiger partial charge on any atom is 0.339 e. The van der Waals surface area contributed by atoms with Crippen LogP contribution in [-0.4, -0.2) is 11.9 Å². The van der Waals surface area contributed by atoms with Gasteiger partial charge >= 0.3 is 5.97 Å². The molecule has 2 rings (SSSR count). The maximum absolute atomic E-state index is 11.9. The molecule has 4 nitrogen and oxygen atoms in total. The smallest absolute Gasteiger partial charge is 0.339 e. The van der Waals surface area contributed by atoms with Crippen LogP contribution < -0.4 is 5.32 Å². The highest BCUT2D eigenvalue weighted by atomic mass is 16.5. The molecule has 1 amide bonds. The van der Waals surface area contributed by atoms with E-state index in [9.17, 15) is 9.59 Å². The lowest BCUT2D eigenvalue weighted by molar-refractivity contribution is -0.114. The number of ether oxygens (including phenoxy) is 1. The van der Waals surface area contributed by atoms with E-state index < -0.39 is 0 Å². The molecule has 0 spiro atoms. The van der Waals surface area contributed by atoms with Crippen molar-refractivity contribution in [2.75, 3.05) is 5.32 Å². The fourth-order valence-corrected chi connectivity index (χ4v) is 2.52. The van der Waals surface area contributed by atoms with Crippen LogP contribution >= 0.6 is 0 Å². The first-order valence-corrected chi connectivity index (χ1v) is 7.24. The van der Waals surface area contributed by atoms with Gasteiger partial charge in [-0.25, -0.2) is 4.79 Å². The molecule has 0 aromatic heterocycles. The Balaban J connectivity index is 2.05. The topological polar surface area (TPSA) is 55.4 Å².